The van der Waals surface area contributed by atoms with Crippen LogP contribution in [0.15, 0.2) is 18.2 Å². The summed E-state index contributed by atoms with van der Waals surface area (Å²) >= 11 is 0. The number of aldehydes is 1. The minimum atomic E-state index is -1.35. The van der Waals surface area contributed by atoms with E-state index in [4.69, 9.17) is 18.9 Å². The van der Waals surface area contributed by atoms with Gasteiger partial charge in [-0.05, 0) is 12.1 Å². The number of benzene rings is 1. The summed E-state index contributed by atoms with van der Waals surface area (Å²) in [7, 11) is 0. The maximum atomic E-state index is 11.8. The highest BCUT2D eigenvalue weighted by Crippen LogP contribution is 2.34. The van der Waals surface area contributed by atoms with Gasteiger partial charge in [-0.1, -0.05) is 6.92 Å². The number of esters is 2. The third-order valence-corrected chi connectivity index (χ3v) is 4.74. The monoisotopic (exact) mass is 452 g/mol. The fraction of sp³-hybridized carbons (Fsp3) is 0.500. The molecule has 0 aliphatic carbocycles. The van der Waals surface area contributed by atoms with Gasteiger partial charge in [0.05, 0.1) is 4.92 Å². The third-order valence-electron chi connectivity index (χ3n) is 4.74. The van der Waals surface area contributed by atoms with Gasteiger partial charge < -0.3 is 24.3 Å². The largest absolute Gasteiger partial charge is 0.463 e. The highest BCUT2D eigenvalue weighted by Gasteiger charge is 2.48. The molecule has 0 saturated carbocycles. The molecule has 1 saturated heterocycles. The van der Waals surface area contributed by atoms with E-state index in [1.807, 2.05) is 0 Å². The molecule has 0 unspecified atom stereocenters. The Morgan fingerprint density at radius 1 is 1.22 bits per heavy atom. The Kier molecular flexibility index (Phi) is 8.24. The van der Waals surface area contributed by atoms with Crippen molar-refractivity contribution in [2.75, 3.05) is 6.61 Å². The van der Waals surface area contributed by atoms with E-state index in [1.54, 1.807) is 6.92 Å². The number of ether oxygens (including phenoxy) is 4. The first-order chi connectivity index (χ1) is 15.0. The van der Waals surface area contributed by atoms with Crippen molar-refractivity contribution in [2.24, 2.45) is 5.92 Å². The third kappa shape index (κ3) is 6.23. The number of carbonyl (C=O) groups excluding carboxylic acids is 4. The van der Waals surface area contributed by atoms with E-state index in [0.717, 1.165) is 6.07 Å². The molecule has 0 aromatic heterocycles. The second kappa shape index (κ2) is 10.7. The number of rotatable bonds is 8. The first kappa shape index (κ1) is 24.7. The highest BCUT2D eigenvalue weighted by atomic mass is 16.7. The lowest BCUT2D eigenvalue weighted by molar-refractivity contribution is -0.386. The van der Waals surface area contributed by atoms with Crippen LogP contribution in [0.4, 0.5) is 5.69 Å². The molecule has 1 aliphatic rings. The minimum absolute atomic E-state index is 0.0613. The Hall–Kier alpha value is -3.54. The minimum Gasteiger partial charge on any atom is -0.463 e. The predicted molar refractivity (Wildman–Crippen MR) is 107 cm³/mol. The number of nitrogens with zero attached hydrogens (tertiary/aromatic N) is 1. The number of carbonyl (C=O) groups is 4. The van der Waals surface area contributed by atoms with Crippen LogP contribution in [0.1, 0.15) is 38.1 Å². The van der Waals surface area contributed by atoms with Gasteiger partial charge in [0.15, 0.2) is 5.75 Å². The molecule has 2 rings (SSSR count). The van der Waals surface area contributed by atoms with E-state index >= 15 is 0 Å². The van der Waals surface area contributed by atoms with Crippen molar-refractivity contribution in [3.8, 4) is 5.75 Å². The van der Waals surface area contributed by atoms with E-state index in [1.165, 1.54) is 32.9 Å². The summed E-state index contributed by atoms with van der Waals surface area (Å²) in [5.74, 6) is -2.46. The molecule has 1 fully saturated rings. The summed E-state index contributed by atoms with van der Waals surface area (Å²) in [4.78, 5) is 56.5. The first-order valence-electron chi connectivity index (χ1n) is 9.67. The standard InChI is InChI=1S/C20H24N2O10/c1-10-17(9-29-12(3)25)32-20(18(21-11(2)24)19(10)30-13(4)26)31-16-6-5-14(8-23)7-15(16)22(27)28/h5-8,10,17-20H,9H2,1-4H3,(H,21,24)/t10-,17-,18-,19+,20-/m1/s1. The van der Waals surface area contributed by atoms with Gasteiger partial charge in [0, 0.05) is 38.3 Å². The van der Waals surface area contributed by atoms with Crippen molar-refractivity contribution in [1.29, 1.82) is 0 Å². The molecule has 1 aromatic rings. The highest BCUT2D eigenvalue weighted by molar-refractivity contribution is 5.77. The van der Waals surface area contributed by atoms with Gasteiger partial charge in [0.25, 0.3) is 0 Å². The summed E-state index contributed by atoms with van der Waals surface area (Å²) in [5, 5.41) is 14.1. The molecular weight excluding hydrogens is 428 g/mol. The number of nitrogens with one attached hydrogen (secondary N) is 1. The van der Waals surface area contributed by atoms with Crippen LogP contribution in [0.2, 0.25) is 0 Å². The van der Waals surface area contributed by atoms with Crippen molar-refractivity contribution in [1.82, 2.24) is 5.32 Å². The smallest absolute Gasteiger partial charge is 0.311 e. The molecule has 0 radical (unpaired) electrons. The lowest BCUT2D eigenvalue weighted by Gasteiger charge is -2.44. The molecule has 1 amide bonds. The van der Waals surface area contributed by atoms with Gasteiger partial charge in [-0.2, -0.15) is 0 Å². The molecule has 1 aromatic carbocycles. The van der Waals surface area contributed by atoms with E-state index < -0.39 is 58.9 Å². The molecule has 1 heterocycles. The summed E-state index contributed by atoms with van der Waals surface area (Å²) in [6.07, 6.45) is -2.67. The molecule has 12 nitrogen and oxygen atoms in total. The van der Waals surface area contributed by atoms with Crippen LogP contribution in [0.5, 0.6) is 5.75 Å². The fourth-order valence-electron chi connectivity index (χ4n) is 3.30. The molecule has 1 aliphatic heterocycles. The first-order valence-corrected chi connectivity index (χ1v) is 9.67. The van der Waals surface area contributed by atoms with E-state index in [2.05, 4.69) is 5.32 Å². The van der Waals surface area contributed by atoms with Crippen molar-refractivity contribution >= 4 is 29.8 Å². The van der Waals surface area contributed by atoms with Crippen molar-refractivity contribution < 1.29 is 43.0 Å². The quantitative estimate of drug-likeness (QED) is 0.262. The zero-order chi connectivity index (χ0) is 24.0. The number of nitro groups is 1. The number of hydrogen-bond donors (Lipinski definition) is 1. The van der Waals surface area contributed by atoms with Crippen LogP contribution in [-0.4, -0.2) is 60.2 Å². The average molecular weight is 452 g/mol. The summed E-state index contributed by atoms with van der Waals surface area (Å²) in [5.41, 5.74) is -0.440. The van der Waals surface area contributed by atoms with Crippen LogP contribution in [-0.2, 0) is 28.6 Å². The predicted octanol–water partition coefficient (Wildman–Crippen LogP) is 1.15. The Bertz CT molecular complexity index is 902. The maximum Gasteiger partial charge on any atom is 0.311 e. The maximum absolute atomic E-state index is 11.8. The van der Waals surface area contributed by atoms with E-state index in [0.29, 0.717) is 6.29 Å². The molecule has 1 N–H and O–H groups in total. The Morgan fingerprint density at radius 3 is 2.44 bits per heavy atom. The summed E-state index contributed by atoms with van der Waals surface area (Å²) < 4.78 is 22.0. The molecule has 0 spiro atoms. The van der Waals surface area contributed by atoms with Gasteiger partial charge in [-0.15, -0.1) is 0 Å². The van der Waals surface area contributed by atoms with Crippen LogP contribution in [0, 0.1) is 16.0 Å². The zero-order valence-electron chi connectivity index (χ0n) is 17.9. The van der Waals surface area contributed by atoms with Gasteiger partial charge in [0.1, 0.15) is 31.1 Å². The number of hydrogen-bond acceptors (Lipinski definition) is 10. The van der Waals surface area contributed by atoms with Crippen LogP contribution < -0.4 is 10.1 Å². The fourth-order valence-corrected chi connectivity index (χ4v) is 3.30. The van der Waals surface area contributed by atoms with Crippen LogP contribution >= 0.6 is 0 Å². The van der Waals surface area contributed by atoms with Crippen LogP contribution in [0.3, 0.4) is 0 Å². The van der Waals surface area contributed by atoms with Gasteiger partial charge in [-0.25, -0.2) is 0 Å². The van der Waals surface area contributed by atoms with Crippen molar-refractivity contribution in [2.45, 2.75) is 52.2 Å². The Morgan fingerprint density at radius 2 is 1.91 bits per heavy atom. The molecule has 12 heteroatoms. The summed E-state index contributed by atoms with van der Waals surface area (Å²) in [6, 6.07) is 2.52. The second-order valence-electron chi connectivity index (χ2n) is 7.22. The molecule has 174 valence electrons. The lowest BCUT2D eigenvalue weighted by Crippen LogP contribution is -2.63. The van der Waals surface area contributed by atoms with Crippen molar-refractivity contribution in [3.63, 3.8) is 0 Å². The molecule has 5 atom stereocenters. The zero-order valence-corrected chi connectivity index (χ0v) is 17.9. The van der Waals surface area contributed by atoms with Gasteiger partial charge in [0.2, 0.25) is 12.2 Å². The second-order valence-corrected chi connectivity index (χ2v) is 7.22. The normalized spacial score (nSPS) is 24.7. The lowest BCUT2D eigenvalue weighted by atomic mass is 9.89. The topological polar surface area (TPSA) is 160 Å². The van der Waals surface area contributed by atoms with Crippen molar-refractivity contribution in [3.05, 3.63) is 33.9 Å². The van der Waals surface area contributed by atoms with Crippen LogP contribution in [0.25, 0.3) is 0 Å². The Labute approximate surface area is 183 Å². The molecule has 0 bridgehead atoms. The van der Waals surface area contributed by atoms with Gasteiger partial charge >= 0.3 is 17.6 Å². The molecular formula is C20H24N2O10. The van der Waals surface area contributed by atoms with Gasteiger partial charge in [-0.3, -0.25) is 29.3 Å². The summed E-state index contributed by atoms with van der Waals surface area (Å²) in [6.45, 7) is 5.11. The Balaban J connectivity index is 2.45. The SMILES string of the molecule is CC(=O)N[C@H]1[C@H](Oc2ccc(C=O)cc2[N+](=O)[O-])O[C@H](COC(C)=O)[C@@H](C)[C@@H]1OC(C)=O. The number of nitro benzene ring substituents is 1. The average Bonchev–Trinajstić information content (AvgIpc) is 2.70. The molecule has 32 heavy (non-hydrogen) atoms. The number of amides is 1. The van der Waals surface area contributed by atoms with E-state index in [9.17, 15) is 29.3 Å². The van der Waals surface area contributed by atoms with E-state index in [-0.39, 0.29) is 17.9 Å².